The maximum Gasteiger partial charge on any atom is 0.109 e. The third-order valence-electron chi connectivity index (χ3n) is 3.88. The zero-order valence-corrected chi connectivity index (χ0v) is 11.1. The minimum Gasteiger partial charge on any atom is -0.385 e. The molecule has 0 aliphatic heterocycles. The zero-order valence-electron chi connectivity index (χ0n) is 11.1. The maximum atomic E-state index is 10.7. The lowest BCUT2D eigenvalue weighted by atomic mass is 9.84. The van der Waals surface area contributed by atoms with Gasteiger partial charge in [0.1, 0.15) is 6.10 Å². The Kier molecular flexibility index (Phi) is 4.72. The minimum atomic E-state index is -0.566. The molecule has 0 saturated heterocycles. The lowest BCUT2D eigenvalue weighted by molar-refractivity contribution is -0.131. The van der Waals surface area contributed by atoms with E-state index in [4.69, 9.17) is 4.74 Å². The van der Waals surface area contributed by atoms with E-state index in [2.05, 4.69) is 4.98 Å². The summed E-state index contributed by atoms with van der Waals surface area (Å²) in [6.45, 7) is 2.65. The molecule has 1 fully saturated rings. The van der Waals surface area contributed by atoms with Crippen molar-refractivity contribution in [3.8, 4) is 0 Å². The molecule has 1 heterocycles. The number of hydrogen-bond donors (Lipinski definition) is 1. The van der Waals surface area contributed by atoms with E-state index >= 15 is 0 Å². The van der Waals surface area contributed by atoms with Crippen molar-refractivity contribution in [2.24, 2.45) is 0 Å². The van der Waals surface area contributed by atoms with Crippen molar-refractivity contribution in [3.63, 3.8) is 0 Å². The highest BCUT2D eigenvalue weighted by Crippen LogP contribution is 2.40. The van der Waals surface area contributed by atoms with Gasteiger partial charge in [0.15, 0.2) is 0 Å². The topological polar surface area (TPSA) is 42.4 Å². The summed E-state index contributed by atoms with van der Waals surface area (Å²) in [4.78, 5) is 4.10. The lowest BCUT2D eigenvalue weighted by Crippen LogP contribution is -2.39. The molecule has 1 unspecified atom stereocenters. The summed E-state index contributed by atoms with van der Waals surface area (Å²) >= 11 is 0. The van der Waals surface area contributed by atoms with Crippen LogP contribution in [0.25, 0.3) is 0 Å². The van der Waals surface area contributed by atoms with Crippen molar-refractivity contribution in [2.45, 2.75) is 57.2 Å². The van der Waals surface area contributed by atoms with Crippen molar-refractivity contribution in [1.82, 2.24) is 4.98 Å². The van der Waals surface area contributed by atoms with E-state index in [1.807, 2.05) is 19.1 Å². The minimum absolute atomic E-state index is 0.408. The molecule has 0 amide bonds. The first kappa shape index (κ1) is 13.5. The number of ether oxygens (including phenoxy) is 1. The van der Waals surface area contributed by atoms with Crippen molar-refractivity contribution in [1.29, 1.82) is 0 Å². The third-order valence-corrected chi connectivity index (χ3v) is 3.88. The fraction of sp³-hybridized carbons (Fsp3) is 0.667. The fourth-order valence-corrected chi connectivity index (χ4v) is 2.95. The maximum absolute atomic E-state index is 10.7. The van der Waals surface area contributed by atoms with Gasteiger partial charge in [0.25, 0.3) is 0 Å². The standard InChI is InChI=1S/C15H23NO2/c1-2-18-15(9-5-3-4-6-10-15)14(17)13-8-7-11-16-12-13/h7-8,11-12,14,17H,2-6,9-10H2,1H3. The summed E-state index contributed by atoms with van der Waals surface area (Å²) in [5.74, 6) is 0. The highest BCUT2D eigenvalue weighted by Gasteiger charge is 2.39. The zero-order chi connectivity index (χ0) is 12.8. The second kappa shape index (κ2) is 6.30. The monoisotopic (exact) mass is 249 g/mol. The highest BCUT2D eigenvalue weighted by molar-refractivity contribution is 5.16. The molecular formula is C15H23NO2. The Hall–Kier alpha value is -0.930. The van der Waals surface area contributed by atoms with Crippen molar-refractivity contribution >= 4 is 0 Å². The number of aliphatic hydroxyl groups is 1. The number of pyridine rings is 1. The summed E-state index contributed by atoms with van der Waals surface area (Å²) in [6.07, 6.45) is 9.56. The van der Waals surface area contributed by atoms with Gasteiger partial charge in [-0.25, -0.2) is 0 Å². The quantitative estimate of drug-likeness (QED) is 0.833. The second-order valence-corrected chi connectivity index (χ2v) is 5.10. The van der Waals surface area contributed by atoms with Crippen LogP contribution in [0.1, 0.15) is 57.1 Å². The van der Waals surface area contributed by atoms with Crippen LogP contribution >= 0.6 is 0 Å². The van der Waals surface area contributed by atoms with Crippen LogP contribution in [0, 0.1) is 0 Å². The molecule has 1 N–H and O–H groups in total. The predicted molar refractivity (Wildman–Crippen MR) is 71.3 cm³/mol. The van der Waals surface area contributed by atoms with Gasteiger partial charge < -0.3 is 9.84 Å². The average Bonchev–Trinajstić information content (AvgIpc) is 2.66. The molecule has 1 aliphatic carbocycles. The second-order valence-electron chi connectivity index (χ2n) is 5.10. The molecular weight excluding hydrogens is 226 g/mol. The smallest absolute Gasteiger partial charge is 0.109 e. The molecule has 0 spiro atoms. The Labute approximate surface area is 109 Å². The first-order valence-corrected chi connectivity index (χ1v) is 7.00. The Bertz CT molecular complexity index is 345. The van der Waals surface area contributed by atoms with Crippen LogP contribution in [-0.4, -0.2) is 22.3 Å². The summed E-state index contributed by atoms with van der Waals surface area (Å²) < 4.78 is 5.99. The Balaban J connectivity index is 2.22. The van der Waals surface area contributed by atoms with Crippen LogP contribution in [0.2, 0.25) is 0 Å². The summed E-state index contributed by atoms with van der Waals surface area (Å²) in [6, 6.07) is 3.80. The Morgan fingerprint density at radius 2 is 2.06 bits per heavy atom. The van der Waals surface area contributed by atoms with Crippen LogP contribution in [0.15, 0.2) is 24.5 Å². The third kappa shape index (κ3) is 2.90. The molecule has 0 aromatic carbocycles. The van der Waals surface area contributed by atoms with E-state index in [9.17, 15) is 5.11 Å². The molecule has 1 aromatic heterocycles. The lowest BCUT2D eigenvalue weighted by Gasteiger charge is -2.37. The summed E-state index contributed by atoms with van der Waals surface area (Å²) in [5, 5.41) is 10.7. The SMILES string of the molecule is CCOC1(C(O)c2cccnc2)CCCCCC1. The molecule has 3 heteroatoms. The van der Waals surface area contributed by atoms with Gasteiger partial charge in [-0.05, 0) is 25.8 Å². The molecule has 2 rings (SSSR count). The molecule has 1 aliphatic rings. The van der Waals surface area contributed by atoms with Gasteiger partial charge in [0.05, 0.1) is 5.60 Å². The number of hydrogen-bond acceptors (Lipinski definition) is 3. The van der Waals surface area contributed by atoms with Crippen molar-refractivity contribution < 1.29 is 9.84 Å². The Morgan fingerprint density at radius 1 is 1.33 bits per heavy atom. The number of rotatable bonds is 4. The van der Waals surface area contributed by atoms with E-state index in [0.29, 0.717) is 6.61 Å². The van der Waals surface area contributed by atoms with E-state index in [-0.39, 0.29) is 0 Å². The largest absolute Gasteiger partial charge is 0.385 e. The molecule has 0 bridgehead atoms. The fourth-order valence-electron chi connectivity index (χ4n) is 2.95. The van der Waals surface area contributed by atoms with Crippen molar-refractivity contribution in [3.05, 3.63) is 30.1 Å². The molecule has 1 aromatic rings. The molecule has 18 heavy (non-hydrogen) atoms. The molecule has 0 radical (unpaired) electrons. The van der Waals surface area contributed by atoms with Crippen LogP contribution < -0.4 is 0 Å². The van der Waals surface area contributed by atoms with Gasteiger partial charge in [-0.15, -0.1) is 0 Å². The van der Waals surface area contributed by atoms with Crippen molar-refractivity contribution in [2.75, 3.05) is 6.61 Å². The number of aromatic nitrogens is 1. The number of nitrogens with zero attached hydrogens (tertiary/aromatic N) is 1. The van der Waals surface area contributed by atoms with Crippen LogP contribution in [0.5, 0.6) is 0 Å². The van der Waals surface area contributed by atoms with Crippen LogP contribution in [0.4, 0.5) is 0 Å². The van der Waals surface area contributed by atoms with Gasteiger partial charge in [-0.1, -0.05) is 31.7 Å². The number of aliphatic hydroxyl groups excluding tert-OH is 1. The molecule has 1 atom stereocenters. The highest BCUT2D eigenvalue weighted by atomic mass is 16.5. The van der Waals surface area contributed by atoms with Gasteiger partial charge in [0, 0.05) is 24.6 Å². The summed E-state index contributed by atoms with van der Waals surface area (Å²) in [7, 11) is 0. The predicted octanol–water partition coefficient (Wildman–Crippen LogP) is 3.24. The van der Waals surface area contributed by atoms with E-state index in [0.717, 1.165) is 31.2 Å². The molecule has 1 saturated carbocycles. The van der Waals surface area contributed by atoms with E-state index in [1.54, 1.807) is 12.4 Å². The Morgan fingerprint density at radius 3 is 2.61 bits per heavy atom. The van der Waals surface area contributed by atoms with Gasteiger partial charge in [0.2, 0.25) is 0 Å². The first-order chi connectivity index (χ1) is 8.78. The van der Waals surface area contributed by atoms with Crippen LogP contribution in [0.3, 0.4) is 0 Å². The average molecular weight is 249 g/mol. The van der Waals surface area contributed by atoms with Crippen LogP contribution in [-0.2, 0) is 4.74 Å². The van der Waals surface area contributed by atoms with Gasteiger partial charge >= 0.3 is 0 Å². The molecule has 100 valence electrons. The van der Waals surface area contributed by atoms with E-state index < -0.39 is 11.7 Å². The summed E-state index contributed by atoms with van der Waals surface area (Å²) in [5.41, 5.74) is 0.460. The molecule has 3 nitrogen and oxygen atoms in total. The van der Waals surface area contributed by atoms with E-state index in [1.165, 1.54) is 12.8 Å². The first-order valence-electron chi connectivity index (χ1n) is 7.00. The van der Waals surface area contributed by atoms with Gasteiger partial charge in [-0.3, -0.25) is 4.98 Å². The van der Waals surface area contributed by atoms with Gasteiger partial charge in [-0.2, -0.15) is 0 Å². The normalized spacial score (nSPS) is 21.2.